The fraction of sp³-hybridized carbons (Fsp3) is 0.643. The first-order chi connectivity index (χ1) is 9.29. The zero-order valence-corrected chi connectivity index (χ0v) is 13.5. The van der Waals surface area contributed by atoms with Crippen molar-refractivity contribution in [2.45, 2.75) is 58.6 Å². The van der Waals surface area contributed by atoms with E-state index in [0.717, 1.165) is 16.3 Å². The summed E-state index contributed by atoms with van der Waals surface area (Å²) < 4.78 is 5.89. The Bertz CT molecular complexity index is 568. The molecule has 0 fully saturated rings. The lowest BCUT2D eigenvalue weighted by Gasteiger charge is -2.18. The Morgan fingerprint density at radius 1 is 1.35 bits per heavy atom. The molecule has 5 nitrogen and oxygen atoms in total. The number of aliphatic hydroxyl groups excluding tert-OH is 1. The van der Waals surface area contributed by atoms with E-state index in [0.29, 0.717) is 12.5 Å². The van der Waals surface area contributed by atoms with Gasteiger partial charge in [-0.15, -0.1) is 5.10 Å². The third-order valence-electron chi connectivity index (χ3n) is 3.12. The predicted molar refractivity (Wildman–Crippen MR) is 79.9 cm³/mol. The molecule has 20 heavy (non-hydrogen) atoms. The van der Waals surface area contributed by atoms with Gasteiger partial charge in [-0.25, -0.2) is 0 Å². The predicted octanol–water partition coefficient (Wildman–Crippen LogP) is 2.89. The molecular formula is C14H22N4OS. The van der Waals surface area contributed by atoms with Crippen LogP contribution >= 0.6 is 11.5 Å². The average Bonchev–Trinajstić information content (AvgIpc) is 2.95. The van der Waals surface area contributed by atoms with Crippen LogP contribution in [0.5, 0.6) is 0 Å². The molecule has 0 radical (unpaired) electrons. The summed E-state index contributed by atoms with van der Waals surface area (Å²) in [5.74, 6) is 0. The van der Waals surface area contributed by atoms with Crippen molar-refractivity contribution in [2.75, 3.05) is 0 Å². The van der Waals surface area contributed by atoms with Crippen molar-refractivity contribution in [3.8, 4) is 0 Å². The van der Waals surface area contributed by atoms with Crippen molar-refractivity contribution in [1.29, 1.82) is 0 Å². The van der Waals surface area contributed by atoms with Crippen LogP contribution in [0.25, 0.3) is 0 Å². The van der Waals surface area contributed by atoms with Gasteiger partial charge in [-0.05, 0) is 31.4 Å². The van der Waals surface area contributed by atoms with Crippen molar-refractivity contribution >= 4 is 11.5 Å². The lowest BCUT2D eigenvalue weighted by molar-refractivity contribution is 0.178. The summed E-state index contributed by atoms with van der Waals surface area (Å²) >= 11 is 1.27. The highest BCUT2D eigenvalue weighted by atomic mass is 32.1. The van der Waals surface area contributed by atoms with Crippen LogP contribution in [-0.4, -0.2) is 24.5 Å². The number of nitrogens with zero attached hydrogens (tertiary/aromatic N) is 4. The zero-order valence-electron chi connectivity index (χ0n) is 12.7. The van der Waals surface area contributed by atoms with E-state index in [4.69, 9.17) is 0 Å². The molecule has 0 bridgehead atoms. The van der Waals surface area contributed by atoms with Gasteiger partial charge >= 0.3 is 0 Å². The molecule has 110 valence electrons. The van der Waals surface area contributed by atoms with Crippen molar-refractivity contribution in [1.82, 2.24) is 19.4 Å². The van der Waals surface area contributed by atoms with Gasteiger partial charge in [0.05, 0.1) is 22.4 Å². The van der Waals surface area contributed by atoms with E-state index in [9.17, 15) is 5.11 Å². The molecule has 0 saturated carbocycles. The van der Waals surface area contributed by atoms with E-state index in [2.05, 4.69) is 49.3 Å². The van der Waals surface area contributed by atoms with E-state index >= 15 is 0 Å². The molecule has 2 heterocycles. The van der Waals surface area contributed by atoms with Gasteiger partial charge in [0.25, 0.3) is 0 Å². The van der Waals surface area contributed by atoms with Gasteiger partial charge in [0, 0.05) is 24.1 Å². The first-order valence-electron chi connectivity index (χ1n) is 6.84. The van der Waals surface area contributed by atoms with E-state index < -0.39 is 6.10 Å². The maximum absolute atomic E-state index is 10.4. The van der Waals surface area contributed by atoms with Crippen LogP contribution in [-0.2, 0) is 11.8 Å². The maximum atomic E-state index is 10.4. The topological polar surface area (TPSA) is 63.8 Å². The highest BCUT2D eigenvalue weighted by molar-refractivity contribution is 7.05. The molecule has 0 spiro atoms. The molecule has 0 aliphatic rings. The smallest absolute Gasteiger partial charge is 0.0973 e. The highest BCUT2D eigenvalue weighted by Crippen LogP contribution is 2.31. The molecular weight excluding hydrogens is 272 g/mol. The van der Waals surface area contributed by atoms with Gasteiger partial charge in [-0.1, -0.05) is 25.3 Å². The molecule has 1 unspecified atom stereocenters. The molecule has 6 heteroatoms. The molecule has 0 aromatic carbocycles. The van der Waals surface area contributed by atoms with Crippen LogP contribution < -0.4 is 0 Å². The average molecular weight is 294 g/mol. The van der Waals surface area contributed by atoms with Gasteiger partial charge in [0.1, 0.15) is 0 Å². The standard InChI is InChI=1S/C14H22N4OS/c1-9(2)18-7-6-10(16-18)8-11(19)12-13(14(3,4)5)15-17-20-12/h6-7,9,11,19H,8H2,1-5H3. The van der Waals surface area contributed by atoms with Gasteiger partial charge in [0.15, 0.2) is 0 Å². The Kier molecular flexibility index (Phi) is 4.25. The van der Waals surface area contributed by atoms with E-state index in [1.165, 1.54) is 11.5 Å². The molecule has 1 N–H and O–H groups in total. The minimum atomic E-state index is -0.597. The minimum absolute atomic E-state index is 0.111. The van der Waals surface area contributed by atoms with E-state index in [-0.39, 0.29) is 5.41 Å². The second-order valence-electron chi connectivity index (χ2n) is 6.34. The van der Waals surface area contributed by atoms with Crippen molar-refractivity contribution in [2.24, 2.45) is 0 Å². The van der Waals surface area contributed by atoms with Gasteiger partial charge < -0.3 is 5.11 Å². The SMILES string of the molecule is CC(C)n1ccc(CC(O)c2snnc2C(C)(C)C)n1. The second-order valence-corrected chi connectivity index (χ2v) is 7.12. The van der Waals surface area contributed by atoms with Crippen molar-refractivity contribution in [3.63, 3.8) is 0 Å². The fourth-order valence-electron chi connectivity index (χ4n) is 2.00. The zero-order chi connectivity index (χ0) is 14.9. The molecule has 0 aliphatic heterocycles. The minimum Gasteiger partial charge on any atom is -0.387 e. The molecule has 0 amide bonds. The fourth-order valence-corrected chi connectivity index (χ4v) is 2.85. The number of aromatic nitrogens is 4. The summed E-state index contributed by atoms with van der Waals surface area (Å²) in [6, 6.07) is 2.28. The van der Waals surface area contributed by atoms with Crippen LogP contribution in [0.4, 0.5) is 0 Å². The molecule has 0 aliphatic carbocycles. The largest absolute Gasteiger partial charge is 0.387 e. The first-order valence-corrected chi connectivity index (χ1v) is 7.61. The number of aliphatic hydroxyl groups is 1. The van der Waals surface area contributed by atoms with Crippen molar-refractivity contribution in [3.05, 3.63) is 28.5 Å². The molecule has 2 aromatic heterocycles. The summed E-state index contributed by atoms with van der Waals surface area (Å²) in [6.45, 7) is 10.4. The van der Waals surface area contributed by atoms with E-state index in [1.54, 1.807) is 0 Å². The number of hydrogen-bond donors (Lipinski definition) is 1. The van der Waals surface area contributed by atoms with Crippen LogP contribution in [0.2, 0.25) is 0 Å². The van der Waals surface area contributed by atoms with Crippen LogP contribution in [0.15, 0.2) is 12.3 Å². The Morgan fingerprint density at radius 3 is 2.60 bits per heavy atom. The molecule has 1 atom stereocenters. The van der Waals surface area contributed by atoms with Crippen LogP contribution in [0.1, 0.15) is 63.0 Å². The maximum Gasteiger partial charge on any atom is 0.0973 e. The van der Waals surface area contributed by atoms with E-state index in [1.807, 2.05) is 16.9 Å². The van der Waals surface area contributed by atoms with Crippen LogP contribution in [0, 0.1) is 0 Å². The normalized spacial score (nSPS) is 13.9. The van der Waals surface area contributed by atoms with Gasteiger partial charge in [-0.2, -0.15) is 5.10 Å². The quantitative estimate of drug-likeness (QED) is 0.941. The summed E-state index contributed by atoms with van der Waals surface area (Å²) in [7, 11) is 0. The van der Waals surface area contributed by atoms with Crippen molar-refractivity contribution < 1.29 is 5.11 Å². The second kappa shape index (κ2) is 5.61. The Morgan fingerprint density at radius 2 is 2.05 bits per heavy atom. The Balaban J connectivity index is 2.16. The molecule has 2 rings (SSSR count). The first kappa shape index (κ1) is 15.1. The third-order valence-corrected chi connectivity index (χ3v) is 3.95. The summed E-state index contributed by atoms with van der Waals surface area (Å²) in [6.07, 6.45) is 1.84. The highest BCUT2D eigenvalue weighted by Gasteiger charge is 2.26. The summed E-state index contributed by atoms with van der Waals surface area (Å²) in [5, 5.41) is 19.1. The van der Waals surface area contributed by atoms with Crippen LogP contribution in [0.3, 0.4) is 0 Å². The lowest BCUT2D eigenvalue weighted by Crippen LogP contribution is -2.16. The van der Waals surface area contributed by atoms with Gasteiger partial charge in [0.2, 0.25) is 0 Å². The number of rotatable bonds is 4. The lowest BCUT2D eigenvalue weighted by atomic mass is 9.90. The number of hydrogen-bond acceptors (Lipinski definition) is 5. The summed E-state index contributed by atoms with van der Waals surface area (Å²) in [5.41, 5.74) is 1.65. The monoisotopic (exact) mass is 294 g/mol. The summed E-state index contributed by atoms with van der Waals surface area (Å²) in [4.78, 5) is 0.844. The Hall–Kier alpha value is -1.27. The Labute approximate surface area is 123 Å². The molecule has 2 aromatic rings. The molecule has 0 saturated heterocycles. The van der Waals surface area contributed by atoms with Gasteiger partial charge in [-0.3, -0.25) is 4.68 Å². The third kappa shape index (κ3) is 3.24.